The molecule has 3 amide bonds. The second kappa shape index (κ2) is 8.43. The molecule has 0 saturated heterocycles. The molecule has 8 heteroatoms. The van der Waals surface area contributed by atoms with E-state index in [2.05, 4.69) is 10.3 Å². The lowest BCUT2D eigenvalue weighted by molar-refractivity contribution is -0.116. The van der Waals surface area contributed by atoms with E-state index in [-0.39, 0.29) is 42.9 Å². The van der Waals surface area contributed by atoms with Crippen LogP contribution in [0.3, 0.4) is 0 Å². The molecule has 1 aliphatic heterocycles. The van der Waals surface area contributed by atoms with E-state index in [0.717, 1.165) is 4.90 Å². The van der Waals surface area contributed by atoms with Crippen LogP contribution >= 0.6 is 0 Å². The van der Waals surface area contributed by atoms with Crippen molar-refractivity contribution in [1.82, 2.24) is 9.88 Å². The normalized spacial score (nSPS) is 12.7. The van der Waals surface area contributed by atoms with Crippen molar-refractivity contribution in [3.63, 3.8) is 0 Å². The number of hydrogen-bond acceptors (Lipinski definition) is 6. The van der Waals surface area contributed by atoms with E-state index < -0.39 is 5.97 Å². The van der Waals surface area contributed by atoms with Gasteiger partial charge in [0.2, 0.25) is 5.91 Å². The predicted molar refractivity (Wildman–Crippen MR) is 99.9 cm³/mol. The van der Waals surface area contributed by atoms with E-state index in [0.29, 0.717) is 23.2 Å². The summed E-state index contributed by atoms with van der Waals surface area (Å²) in [7, 11) is 0. The number of aromatic nitrogens is 1. The van der Waals surface area contributed by atoms with Gasteiger partial charge in [0, 0.05) is 25.4 Å². The van der Waals surface area contributed by atoms with Gasteiger partial charge in [0.15, 0.2) is 0 Å². The number of imide groups is 1. The maximum Gasteiger partial charge on any atom is 0.341 e. The van der Waals surface area contributed by atoms with Crippen molar-refractivity contribution in [3.05, 3.63) is 59.4 Å². The highest BCUT2D eigenvalue weighted by atomic mass is 16.5. The van der Waals surface area contributed by atoms with Crippen LogP contribution in [0, 0.1) is 0 Å². The number of nitrogens with zero attached hydrogens (tertiary/aromatic N) is 2. The van der Waals surface area contributed by atoms with Crippen molar-refractivity contribution in [2.24, 2.45) is 0 Å². The number of carbonyl (C=O) groups is 4. The third-order valence-electron chi connectivity index (χ3n) is 4.25. The third-order valence-corrected chi connectivity index (χ3v) is 4.25. The minimum atomic E-state index is -0.572. The van der Waals surface area contributed by atoms with Gasteiger partial charge < -0.3 is 10.1 Å². The smallest absolute Gasteiger partial charge is 0.341 e. The van der Waals surface area contributed by atoms with Crippen LogP contribution in [-0.2, 0) is 9.53 Å². The van der Waals surface area contributed by atoms with Gasteiger partial charge in [0.25, 0.3) is 11.8 Å². The molecule has 0 bridgehead atoms. The van der Waals surface area contributed by atoms with Crippen LogP contribution in [0.4, 0.5) is 5.69 Å². The molecule has 28 heavy (non-hydrogen) atoms. The molecule has 1 aromatic carbocycles. The zero-order valence-electron chi connectivity index (χ0n) is 15.3. The molecular weight excluding hydrogens is 362 g/mol. The average Bonchev–Trinajstić information content (AvgIpc) is 2.94. The van der Waals surface area contributed by atoms with Crippen molar-refractivity contribution in [3.8, 4) is 0 Å². The second-order valence-corrected chi connectivity index (χ2v) is 6.10. The van der Waals surface area contributed by atoms with Gasteiger partial charge in [-0.05, 0) is 31.5 Å². The molecule has 0 saturated carbocycles. The quantitative estimate of drug-likeness (QED) is 0.583. The Hall–Kier alpha value is -3.55. The number of anilines is 1. The summed E-state index contributed by atoms with van der Waals surface area (Å²) in [5.74, 6) is -1.61. The number of benzene rings is 1. The van der Waals surface area contributed by atoms with Crippen molar-refractivity contribution in [1.29, 1.82) is 0 Å². The Morgan fingerprint density at radius 1 is 1.11 bits per heavy atom. The Morgan fingerprint density at radius 2 is 1.79 bits per heavy atom. The van der Waals surface area contributed by atoms with Crippen molar-refractivity contribution in [2.45, 2.75) is 19.8 Å². The van der Waals surface area contributed by atoms with Gasteiger partial charge in [0.1, 0.15) is 5.56 Å². The summed E-state index contributed by atoms with van der Waals surface area (Å²) < 4.78 is 4.94. The zero-order valence-corrected chi connectivity index (χ0v) is 15.3. The summed E-state index contributed by atoms with van der Waals surface area (Å²) in [5.41, 5.74) is 1.23. The summed E-state index contributed by atoms with van der Waals surface area (Å²) in [6.45, 7) is 2.04. The first-order valence-corrected chi connectivity index (χ1v) is 8.89. The molecule has 0 fully saturated rings. The number of carbonyl (C=O) groups excluding carboxylic acids is 4. The van der Waals surface area contributed by atoms with Crippen LogP contribution in [-0.4, -0.2) is 46.7 Å². The monoisotopic (exact) mass is 381 g/mol. The molecule has 2 heterocycles. The molecule has 0 unspecified atom stereocenters. The van der Waals surface area contributed by atoms with Crippen molar-refractivity contribution < 1.29 is 23.9 Å². The molecule has 8 nitrogen and oxygen atoms in total. The van der Waals surface area contributed by atoms with Gasteiger partial charge in [-0.15, -0.1) is 0 Å². The van der Waals surface area contributed by atoms with Gasteiger partial charge in [-0.3, -0.25) is 24.3 Å². The third kappa shape index (κ3) is 3.90. The molecule has 144 valence electrons. The highest BCUT2D eigenvalue weighted by Crippen LogP contribution is 2.23. The summed E-state index contributed by atoms with van der Waals surface area (Å²) >= 11 is 0. The van der Waals surface area contributed by atoms with E-state index in [1.54, 1.807) is 31.2 Å². The largest absolute Gasteiger partial charge is 0.462 e. The molecule has 0 spiro atoms. The van der Waals surface area contributed by atoms with Crippen LogP contribution in [0.25, 0.3) is 0 Å². The minimum Gasteiger partial charge on any atom is -0.462 e. The summed E-state index contributed by atoms with van der Waals surface area (Å²) in [5, 5.41) is 2.65. The Kier molecular flexibility index (Phi) is 5.78. The summed E-state index contributed by atoms with van der Waals surface area (Å²) in [6.07, 6.45) is 3.17. The molecule has 1 N–H and O–H groups in total. The lowest BCUT2D eigenvalue weighted by Crippen LogP contribution is -2.31. The first-order chi connectivity index (χ1) is 13.5. The maximum atomic E-state index is 12.3. The molecule has 0 aliphatic carbocycles. The number of amides is 3. The Morgan fingerprint density at radius 3 is 2.43 bits per heavy atom. The summed E-state index contributed by atoms with van der Waals surface area (Å²) in [4.78, 5) is 53.8. The number of hydrogen-bond donors (Lipinski definition) is 1. The van der Waals surface area contributed by atoms with E-state index in [1.165, 1.54) is 18.5 Å². The van der Waals surface area contributed by atoms with Crippen LogP contribution < -0.4 is 5.32 Å². The Balaban J connectivity index is 1.56. The van der Waals surface area contributed by atoms with Crippen LogP contribution in [0.5, 0.6) is 0 Å². The topological polar surface area (TPSA) is 106 Å². The number of esters is 1. The molecule has 0 radical (unpaired) electrons. The Labute approximate surface area is 161 Å². The molecular formula is C20H19N3O5. The number of rotatable bonds is 7. The van der Waals surface area contributed by atoms with E-state index in [4.69, 9.17) is 4.74 Å². The second-order valence-electron chi connectivity index (χ2n) is 6.10. The van der Waals surface area contributed by atoms with Crippen molar-refractivity contribution >= 4 is 29.4 Å². The van der Waals surface area contributed by atoms with Crippen LogP contribution in [0.15, 0.2) is 42.7 Å². The van der Waals surface area contributed by atoms with Crippen molar-refractivity contribution in [2.75, 3.05) is 18.5 Å². The zero-order chi connectivity index (χ0) is 20.1. The predicted octanol–water partition coefficient (Wildman–Crippen LogP) is 2.27. The van der Waals surface area contributed by atoms with Gasteiger partial charge in [0.05, 0.1) is 23.4 Å². The highest BCUT2D eigenvalue weighted by molar-refractivity contribution is 6.21. The standard InChI is InChI=1S/C20H19N3O5/c1-2-28-20(27)15-12-21-10-9-16(15)22-17(24)8-5-11-23-18(25)13-6-3-4-7-14(13)19(23)26/h3-4,6-7,9-10,12H,2,5,8,11H2,1H3,(H,21,22,24). The lowest BCUT2D eigenvalue weighted by atomic mass is 10.1. The number of nitrogens with one attached hydrogen (secondary N) is 1. The van der Waals surface area contributed by atoms with Crippen LogP contribution in [0.2, 0.25) is 0 Å². The lowest BCUT2D eigenvalue weighted by Gasteiger charge is -2.14. The Bertz CT molecular complexity index is 906. The molecule has 1 aliphatic rings. The fourth-order valence-electron chi connectivity index (χ4n) is 2.93. The maximum absolute atomic E-state index is 12.3. The van der Waals surface area contributed by atoms with Gasteiger partial charge in [-0.1, -0.05) is 12.1 Å². The summed E-state index contributed by atoms with van der Waals surface area (Å²) in [6, 6.07) is 8.15. The number of ether oxygens (including phenoxy) is 1. The first kappa shape index (κ1) is 19.2. The molecule has 0 atom stereocenters. The fraction of sp³-hybridized carbons (Fsp3) is 0.250. The van der Waals surface area contributed by atoms with E-state index in [1.807, 2.05) is 0 Å². The van der Waals surface area contributed by atoms with Crippen LogP contribution in [0.1, 0.15) is 50.8 Å². The fourth-order valence-corrected chi connectivity index (χ4v) is 2.93. The molecule has 3 rings (SSSR count). The van der Waals surface area contributed by atoms with E-state index >= 15 is 0 Å². The minimum absolute atomic E-state index is 0.0813. The van der Waals surface area contributed by atoms with Gasteiger partial charge >= 0.3 is 5.97 Å². The van der Waals surface area contributed by atoms with Gasteiger partial charge in [-0.2, -0.15) is 0 Å². The number of pyridine rings is 1. The number of fused-ring (bicyclic) bond motifs is 1. The first-order valence-electron chi connectivity index (χ1n) is 8.89. The average molecular weight is 381 g/mol. The molecule has 1 aromatic heterocycles. The SMILES string of the molecule is CCOC(=O)c1cnccc1NC(=O)CCCN1C(=O)c2ccccc2C1=O. The van der Waals surface area contributed by atoms with Gasteiger partial charge in [-0.25, -0.2) is 4.79 Å². The molecule has 2 aromatic rings. The van der Waals surface area contributed by atoms with E-state index in [9.17, 15) is 19.2 Å². The highest BCUT2D eigenvalue weighted by Gasteiger charge is 2.34.